The molecule has 0 aliphatic carbocycles. The number of aryl methyl sites for hydroxylation is 2. The van der Waals surface area contributed by atoms with Gasteiger partial charge in [-0.15, -0.1) is 0 Å². The lowest BCUT2D eigenvalue weighted by molar-refractivity contribution is -0.145. The molecule has 35 heavy (non-hydrogen) atoms. The van der Waals surface area contributed by atoms with E-state index in [1.54, 1.807) is 17.7 Å². The molecule has 0 spiro atoms. The van der Waals surface area contributed by atoms with Crippen LogP contribution in [0.5, 0.6) is 5.75 Å². The summed E-state index contributed by atoms with van der Waals surface area (Å²) in [7, 11) is 3.12. The lowest BCUT2D eigenvalue weighted by atomic mass is 10.2. The monoisotopic (exact) mass is 473 g/mol. The summed E-state index contributed by atoms with van der Waals surface area (Å²) in [5.74, 6) is 0.506. The third-order valence-corrected chi connectivity index (χ3v) is 5.89. The van der Waals surface area contributed by atoms with Crippen molar-refractivity contribution in [1.82, 2.24) is 23.1 Å². The van der Waals surface area contributed by atoms with Crippen LogP contribution in [0, 0.1) is 6.92 Å². The van der Waals surface area contributed by atoms with Crippen LogP contribution in [-0.2, 0) is 29.7 Å². The zero-order valence-corrected chi connectivity index (χ0v) is 19.5. The van der Waals surface area contributed by atoms with Gasteiger partial charge < -0.3 is 9.47 Å². The van der Waals surface area contributed by atoms with Crippen LogP contribution < -0.4 is 16.0 Å². The number of fused-ring (bicyclic) bond motifs is 3. The molecule has 0 aliphatic rings. The van der Waals surface area contributed by atoms with Crippen molar-refractivity contribution in [3.05, 3.63) is 92.9 Å². The topological polar surface area (TPSA) is 102 Å². The van der Waals surface area contributed by atoms with E-state index in [1.165, 1.54) is 11.6 Å². The molecule has 0 amide bonds. The summed E-state index contributed by atoms with van der Waals surface area (Å²) < 4.78 is 16.2. The van der Waals surface area contributed by atoms with E-state index >= 15 is 0 Å². The number of esters is 1. The number of carbonyl (C=O) groups excluding carboxylic acids is 1. The smallest absolute Gasteiger partial charge is 0.333 e. The van der Waals surface area contributed by atoms with Gasteiger partial charge in [0.1, 0.15) is 18.9 Å². The van der Waals surface area contributed by atoms with Gasteiger partial charge in [-0.2, -0.15) is 4.98 Å². The number of hydrogen-bond acceptors (Lipinski definition) is 6. The largest absolute Gasteiger partial charge is 0.497 e. The predicted octanol–water partition coefficient (Wildman–Crippen LogP) is 2.20. The van der Waals surface area contributed by atoms with Crippen molar-refractivity contribution in [2.75, 3.05) is 7.11 Å². The molecule has 0 fully saturated rings. The second kappa shape index (κ2) is 8.64. The standard InChI is InChI=1S/C25H23N5O5/c1-16-13-28-21-22(26-24(28)30(16)18-9-11-19(34-3)12-10-18)27(2)25(33)29(23(21)32)14-20(31)35-15-17-7-5-4-6-8-17/h4-13H,14-15H2,1-3H3. The molecule has 0 radical (unpaired) electrons. The fourth-order valence-corrected chi connectivity index (χ4v) is 4.11. The number of aromatic nitrogens is 5. The number of methoxy groups -OCH3 is 1. The van der Waals surface area contributed by atoms with E-state index in [4.69, 9.17) is 9.47 Å². The van der Waals surface area contributed by atoms with E-state index in [0.717, 1.165) is 21.5 Å². The average Bonchev–Trinajstić information content (AvgIpc) is 3.39. The van der Waals surface area contributed by atoms with E-state index in [0.29, 0.717) is 11.5 Å². The minimum atomic E-state index is -0.680. The third kappa shape index (κ3) is 3.78. The molecule has 0 unspecified atom stereocenters. The van der Waals surface area contributed by atoms with Crippen LogP contribution in [0.15, 0.2) is 70.4 Å². The first-order chi connectivity index (χ1) is 16.9. The van der Waals surface area contributed by atoms with Gasteiger partial charge in [0.05, 0.1) is 7.11 Å². The lowest BCUT2D eigenvalue weighted by Crippen LogP contribution is -2.41. The van der Waals surface area contributed by atoms with Crippen molar-refractivity contribution in [1.29, 1.82) is 0 Å². The van der Waals surface area contributed by atoms with Gasteiger partial charge in [0.25, 0.3) is 5.56 Å². The molecule has 0 atom stereocenters. The predicted molar refractivity (Wildman–Crippen MR) is 129 cm³/mol. The molecule has 0 N–H and O–H groups in total. The van der Waals surface area contributed by atoms with Crippen molar-refractivity contribution < 1.29 is 14.3 Å². The molecule has 0 aliphatic heterocycles. The summed E-state index contributed by atoms with van der Waals surface area (Å²) >= 11 is 0. The molecule has 0 saturated heterocycles. The molecular weight excluding hydrogens is 450 g/mol. The first-order valence-corrected chi connectivity index (χ1v) is 10.9. The summed E-state index contributed by atoms with van der Waals surface area (Å²) in [4.78, 5) is 43.4. The average molecular weight is 473 g/mol. The van der Waals surface area contributed by atoms with Gasteiger partial charge in [0, 0.05) is 24.6 Å². The number of hydrogen-bond donors (Lipinski definition) is 0. The van der Waals surface area contributed by atoms with E-state index in [-0.39, 0.29) is 17.8 Å². The Hall–Kier alpha value is -4.60. The number of ether oxygens (including phenoxy) is 2. The highest BCUT2D eigenvalue weighted by molar-refractivity contribution is 5.77. The Labute approximate surface area is 199 Å². The first kappa shape index (κ1) is 22.2. The molecule has 3 aromatic heterocycles. The number of carbonyl (C=O) groups is 1. The van der Waals surface area contributed by atoms with Crippen molar-refractivity contribution in [2.45, 2.75) is 20.1 Å². The molecule has 3 heterocycles. The third-order valence-electron chi connectivity index (χ3n) is 5.89. The molecular formula is C25H23N5O5. The number of nitrogens with zero attached hydrogens (tertiary/aromatic N) is 5. The number of rotatable bonds is 6. The van der Waals surface area contributed by atoms with Crippen LogP contribution >= 0.6 is 0 Å². The minimum Gasteiger partial charge on any atom is -0.497 e. The Morgan fingerprint density at radius 1 is 1.03 bits per heavy atom. The normalized spacial score (nSPS) is 11.3. The maximum Gasteiger partial charge on any atom is 0.333 e. The van der Waals surface area contributed by atoms with Gasteiger partial charge in [-0.1, -0.05) is 30.3 Å². The Morgan fingerprint density at radius 3 is 2.43 bits per heavy atom. The molecule has 10 heteroatoms. The van der Waals surface area contributed by atoms with Gasteiger partial charge in [-0.3, -0.25) is 23.1 Å². The Morgan fingerprint density at radius 2 is 1.74 bits per heavy atom. The highest BCUT2D eigenvalue weighted by atomic mass is 16.5. The number of imidazole rings is 2. The van der Waals surface area contributed by atoms with Gasteiger partial charge >= 0.3 is 11.7 Å². The summed E-state index contributed by atoms with van der Waals surface area (Å²) in [5, 5.41) is 0. The van der Waals surface area contributed by atoms with Crippen LogP contribution in [0.2, 0.25) is 0 Å². The lowest BCUT2D eigenvalue weighted by Gasteiger charge is -2.08. The first-order valence-electron chi connectivity index (χ1n) is 10.9. The maximum atomic E-state index is 13.4. The van der Waals surface area contributed by atoms with Gasteiger partial charge in [0.15, 0.2) is 11.2 Å². The van der Waals surface area contributed by atoms with E-state index in [1.807, 2.05) is 66.1 Å². The molecule has 178 valence electrons. The SMILES string of the molecule is COc1ccc(-n2c(C)cn3c4c(=O)n(CC(=O)OCc5ccccc5)c(=O)n(C)c4nc23)cc1. The van der Waals surface area contributed by atoms with Crippen LogP contribution in [-0.4, -0.2) is 36.2 Å². The van der Waals surface area contributed by atoms with E-state index in [9.17, 15) is 14.4 Å². The van der Waals surface area contributed by atoms with Crippen molar-refractivity contribution in [2.24, 2.45) is 7.05 Å². The molecule has 10 nitrogen and oxygen atoms in total. The quantitative estimate of drug-likeness (QED) is 0.351. The summed E-state index contributed by atoms with van der Waals surface area (Å²) in [6, 6.07) is 16.6. The molecule has 5 aromatic rings. The van der Waals surface area contributed by atoms with Crippen LogP contribution in [0.3, 0.4) is 0 Å². The second-order valence-corrected chi connectivity index (χ2v) is 8.14. The molecule has 2 aromatic carbocycles. The zero-order valence-electron chi connectivity index (χ0n) is 19.5. The summed E-state index contributed by atoms with van der Waals surface area (Å²) in [6.45, 7) is 1.45. The Kier molecular flexibility index (Phi) is 5.48. The maximum absolute atomic E-state index is 13.4. The van der Waals surface area contributed by atoms with Gasteiger partial charge in [-0.05, 0) is 36.8 Å². The Bertz CT molecular complexity index is 1670. The highest BCUT2D eigenvalue weighted by Gasteiger charge is 2.22. The fourth-order valence-electron chi connectivity index (χ4n) is 4.11. The van der Waals surface area contributed by atoms with E-state index in [2.05, 4.69) is 4.98 Å². The fraction of sp³-hybridized carbons (Fsp3) is 0.200. The van der Waals surface area contributed by atoms with Crippen molar-refractivity contribution in [3.63, 3.8) is 0 Å². The second-order valence-electron chi connectivity index (χ2n) is 8.14. The van der Waals surface area contributed by atoms with Crippen molar-refractivity contribution >= 4 is 22.9 Å². The molecule has 0 saturated carbocycles. The van der Waals surface area contributed by atoms with Crippen molar-refractivity contribution in [3.8, 4) is 11.4 Å². The summed E-state index contributed by atoms with van der Waals surface area (Å²) in [6.07, 6.45) is 1.78. The highest BCUT2D eigenvalue weighted by Crippen LogP contribution is 2.22. The zero-order chi connectivity index (χ0) is 24.7. The molecule has 5 rings (SSSR count). The Balaban J connectivity index is 1.57. The molecule has 0 bridgehead atoms. The van der Waals surface area contributed by atoms with Gasteiger partial charge in [-0.25, -0.2) is 9.36 Å². The van der Waals surface area contributed by atoms with Crippen LogP contribution in [0.25, 0.3) is 22.6 Å². The van der Waals surface area contributed by atoms with E-state index < -0.39 is 23.8 Å². The summed E-state index contributed by atoms with van der Waals surface area (Å²) in [5.41, 5.74) is 1.64. The number of benzene rings is 2. The van der Waals surface area contributed by atoms with Crippen LogP contribution in [0.4, 0.5) is 0 Å². The van der Waals surface area contributed by atoms with Crippen LogP contribution in [0.1, 0.15) is 11.3 Å². The minimum absolute atomic E-state index is 0.0534. The van der Waals surface area contributed by atoms with Gasteiger partial charge in [0.2, 0.25) is 5.78 Å².